The van der Waals surface area contributed by atoms with Gasteiger partial charge in [-0.2, -0.15) is 13.2 Å². The minimum absolute atomic E-state index is 0.244. The van der Waals surface area contributed by atoms with Gasteiger partial charge in [-0.05, 0) is 62.8 Å². The van der Waals surface area contributed by atoms with E-state index in [1.165, 1.54) is 5.56 Å². The third-order valence-electron chi connectivity index (χ3n) is 4.52. The number of rotatable bonds is 4. The molecule has 0 heterocycles. The molecule has 1 N–H and O–H groups in total. The number of likely N-dealkylation sites (N-methyl/N-ethyl adjacent to an activating group) is 1. The Morgan fingerprint density at radius 3 is 2.43 bits per heavy atom. The highest BCUT2D eigenvalue weighted by Gasteiger charge is 2.42. The molecule has 1 atom stereocenters. The van der Waals surface area contributed by atoms with Crippen LogP contribution in [-0.4, -0.2) is 19.3 Å². The molecule has 0 aromatic heterocycles. The lowest BCUT2D eigenvalue weighted by atomic mass is 9.77. The fourth-order valence-corrected chi connectivity index (χ4v) is 3.72. The Kier molecular flexibility index (Phi) is 5.72. The summed E-state index contributed by atoms with van der Waals surface area (Å²) in [6.45, 7) is 0. The fraction of sp³-hybridized carbons (Fsp3) is 0.625. The molecule has 1 nitrogen and oxygen atoms in total. The summed E-state index contributed by atoms with van der Waals surface area (Å²) in [7, 11) is 1.90. The summed E-state index contributed by atoms with van der Waals surface area (Å²) in [6.07, 6.45) is -1.31. The van der Waals surface area contributed by atoms with Gasteiger partial charge in [-0.1, -0.05) is 28.1 Å². The highest BCUT2D eigenvalue weighted by atomic mass is 79.9. The third-order valence-corrected chi connectivity index (χ3v) is 5.01. The van der Waals surface area contributed by atoms with E-state index in [9.17, 15) is 13.2 Å². The molecule has 0 spiro atoms. The van der Waals surface area contributed by atoms with Crippen LogP contribution >= 0.6 is 15.9 Å². The van der Waals surface area contributed by atoms with Crippen molar-refractivity contribution in [2.24, 2.45) is 11.8 Å². The predicted molar refractivity (Wildman–Crippen MR) is 82.2 cm³/mol. The van der Waals surface area contributed by atoms with Crippen molar-refractivity contribution in [1.29, 1.82) is 0 Å². The second-order valence-corrected chi connectivity index (χ2v) is 6.80. The Hall–Kier alpha value is -0.550. The highest BCUT2D eigenvalue weighted by molar-refractivity contribution is 9.10. The summed E-state index contributed by atoms with van der Waals surface area (Å²) in [5, 5.41) is 3.30. The van der Waals surface area contributed by atoms with E-state index < -0.39 is 12.1 Å². The molecule has 0 bridgehead atoms. The number of hydrogen-bond acceptors (Lipinski definition) is 1. The Balaban J connectivity index is 1.94. The second kappa shape index (κ2) is 7.14. The van der Waals surface area contributed by atoms with E-state index in [-0.39, 0.29) is 18.9 Å². The van der Waals surface area contributed by atoms with Crippen LogP contribution in [-0.2, 0) is 6.42 Å². The van der Waals surface area contributed by atoms with Crippen molar-refractivity contribution in [3.63, 3.8) is 0 Å². The van der Waals surface area contributed by atoms with Crippen molar-refractivity contribution in [1.82, 2.24) is 5.32 Å². The first kappa shape index (κ1) is 16.8. The third kappa shape index (κ3) is 4.71. The molecule has 118 valence electrons. The molecule has 0 amide bonds. The summed E-state index contributed by atoms with van der Waals surface area (Å²) in [6, 6.07) is 8.36. The first-order valence-electron chi connectivity index (χ1n) is 7.38. The van der Waals surface area contributed by atoms with Crippen LogP contribution in [0.2, 0.25) is 0 Å². The van der Waals surface area contributed by atoms with E-state index in [1.807, 2.05) is 19.2 Å². The van der Waals surface area contributed by atoms with Gasteiger partial charge in [0.25, 0.3) is 0 Å². The average Bonchev–Trinajstić information content (AvgIpc) is 2.44. The number of benzene rings is 1. The Morgan fingerprint density at radius 1 is 1.24 bits per heavy atom. The molecule has 1 aliphatic carbocycles. The highest BCUT2D eigenvalue weighted by Crippen LogP contribution is 2.40. The lowest BCUT2D eigenvalue weighted by Crippen LogP contribution is -2.39. The largest absolute Gasteiger partial charge is 0.391 e. The lowest BCUT2D eigenvalue weighted by molar-refractivity contribution is -0.184. The molecule has 1 unspecified atom stereocenters. The Bertz CT molecular complexity index is 453. The van der Waals surface area contributed by atoms with Crippen molar-refractivity contribution in [2.75, 3.05) is 7.05 Å². The van der Waals surface area contributed by atoms with Crippen LogP contribution < -0.4 is 5.32 Å². The topological polar surface area (TPSA) is 12.0 Å². The summed E-state index contributed by atoms with van der Waals surface area (Å²) in [5.41, 5.74) is 1.21. The van der Waals surface area contributed by atoms with Gasteiger partial charge in [-0.15, -0.1) is 0 Å². The number of halogens is 4. The van der Waals surface area contributed by atoms with Gasteiger partial charge >= 0.3 is 6.18 Å². The SMILES string of the molecule is CNC(Cc1cccc(Br)c1)C1CCC(C(F)(F)F)CC1. The lowest BCUT2D eigenvalue weighted by Gasteiger charge is -2.34. The van der Waals surface area contributed by atoms with Crippen LogP contribution in [0.15, 0.2) is 28.7 Å². The van der Waals surface area contributed by atoms with Crippen LogP contribution in [0, 0.1) is 11.8 Å². The second-order valence-electron chi connectivity index (χ2n) is 5.88. The van der Waals surface area contributed by atoms with Crippen LogP contribution in [0.5, 0.6) is 0 Å². The van der Waals surface area contributed by atoms with Crippen LogP contribution in [0.25, 0.3) is 0 Å². The monoisotopic (exact) mass is 363 g/mol. The molecule has 0 aliphatic heterocycles. The van der Waals surface area contributed by atoms with E-state index in [4.69, 9.17) is 0 Å². The summed E-state index contributed by atoms with van der Waals surface area (Å²) < 4.78 is 39.2. The van der Waals surface area contributed by atoms with Crippen molar-refractivity contribution in [3.8, 4) is 0 Å². The van der Waals surface area contributed by atoms with Crippen molar-refractivity contribution < 1.29 is 13.2 Å². The van der Waals surface area contributed by atoms with Crippen molar-refractivity contribution in [3.05, 3.63) is 34.3 Å². The predicted octanol–water partition coefficient (Wildman–Crippen LogP) is 4.95. The number of nitrogens with one attached hydrogen (secondary N) is 1. The van der Waals surface area contributed by atoms with E-state index in [0.717, 1.165) is 10.9 Å². The summed E-state index contributed by atoms with van der Waals surface area (Å²) in [5.74, 6) is -0.773. The molecule has 1 aromatic rings. The van der Waals surface area contributed by atoms with Gasteiger partial charge in [0.1, 0.15) is 0 Å². The number of alkyl halides is 3. The van der Waals surface area contributed by atoms with E-state index in [0.29, 0.717) is 18.8 Å². The molecule has 5 heteroatoms. The van der Waals surface area contributed by atoms with E-state index in [2.05, 4.69) is 33.4 Å². The van der Waals surface area contributed by atoms with Crippen LogP contribution in [0.4, 0.5) is 13.2 Å². The van der Waals surface area contributed by atoms with Gasteiger partial charge in [0, 0.05) is 10.5 Å². The van der Waals surface area contributed by atoms with Gasteiger partial charge in [-0.25, -0.2) is 0 Å². The molecule has 1 aliphatic rings. The van der Waals surface area contributed by atoms with E-state index >= 15 is 0 Å². The maximum absolute atomic E-state index is 12.7. The molecular formula is C16H21BrF3N. The molecular weight excluding hydrogens is 343 g/mol. The minimum atomic E-state index is -4.02. The van der Waals surface area contributed by atoms with Gasteiger partial charge in [0.2, 0.25) is 0 Å². The maximum atomic E-state index is 12.7. The van der Waals surface area contributed by atoms with Crippen molar-refractivity contribution >= 4 is 15.9 Å². The molecule has 0 saturated heterocycles. The zero-order chi connectivity index (χ0) is 15.5. The summed E-state index contributed by atoms with van der Waals surface area (Å²) >= 11 is 3.45. The molecule has 1 fully saturated rings. The standard InChI is InChI=1S/C16H21BrF3N/c1-21-15(10-11-3-2-4-14(17)9-11)12-5-7-13(8-6-12)16(18,19)20/h2-4,9,12-13,15,21H,5-8,10H2,1H3. The fourth-order valence-electron chi connectivity index (χ4n) is 3.27. The van der Waals surface area contributed by atoms with Crippen molar-refractivity contribution in [2.45, 2.75) is 44.3 Å². The van der Waals surface area contributed by atoms with Gasteiger partial charge in [-0.3, -0.25) is 0 Å². The average molecular weight is 364 g/mol. The quantitative estimate of drug-likeness (QED) is 0.797. The number of hydrogen-bond donors (Lipinski definition) is 1. The molecule has 2 rings (SSSR count). The zero-order valence-corrected chi connectivity index (χ0v) is 13.7. The Morgan fingerprint density at radius 2 is 1.90 bits per heavy atom. The molecule has 0 radical (unpaired) electrons. The maximum Gasteiger partial charge on any atom is 0.391 e. The normalized spacial score (nSPS) is 24.8. The zero-order valence-electron chi connectivity index (χ0n) is 12.1. The molecule has 21 heavy (non-hydrogen) atoms. The first-order valence-corrected chi connectivity index (χ1v) is 8.18. The minimum Gasteiger partial charge on any atom is -0.316 e. The van der Waals surface area contributed by atoms with Crippen LogP contribution in [0.1, 0.15) is 31.2 Å². The smallest absolute Gasteiger partial charge is 0.316 e. The Labute approximate surface area is 132 Å². The van der Waals surface area contributed by atoms with E-state index in [1.54, 1.807) is 0 Å². The molecule has 1 saturated carbocycles. The molecule has 1 aromatic carbocycles. The van der Waals surface area contributed by atoms with Gasteiger partial charge in [0.05, 0.1) is 5.92 Å². The first-order chi connectivity index (χ1) is 9.90. The van der Waals surface area contributed by atoms with Crippen LogP contribution in [0.3, 0.4) is 0 Å². The summed E-state index contributed by atoms with van der Waals surface area (Å²) in [4.78, 5) is 0. The van der Waals surface area contributed by atoms with Gasteiger partial charge < -0.3 is 5.32 Å². The van der Waals surface area contributed by atoms with Gasteiger partial charge in [0.15, 0.2) is 0 Å².